The lowest BCUT2D eigenvalue weighted by atomic mass is 10.1. The number of nitrogens with zero attached hydrogens (tertiary/aromatic N) is 1. The van der Waals surface area contributed by atoms with Crippen molar-refractivity contribution >= 4 is 56.7 Å². The second kappa shape index (κ2) is 9.27. The molecule has 0 amide bonds. The Kier molecular flexibility index (Phi) is 6.28. The number of aromatic nitrogens is 1. The zero-order valence-electron chi connectivity index (χ0n) is 16.5. The van der Waals surface area contributed by atoms with E-state index in [1.165, 1.54) is 0 Å². The third kappa shape index (κ3) is 4.59. The molecule has 0 bridgehead atoms. The molecule has 0 saturated heterocycles. The highest BCUT2D eigenvalue weighted by Crippen LogP contribution is 2.25. The van der Waals surface area contributed by atoms with Crippen LogP contribution < -0.4 is 15.0 Å². The van der Waals surface area contributed by atoms with Gasteiger partial charge in [-0.25, -0.2) is 0 Å². The lowest BCUT2D eigenvalue weighted by Gasteiger charge is -2.18. The van der Waals surface area contributed by atoms with Crippen LogP contribution in [0.1, 0.15) is 11.1 Å². The average molecular weight is 447 g/mol. The molecular weight excluding hydrogens is 428 g/mol. The Balaban J connectivity index is 1.82. The van der Waals surface area contributed by atoms with Crippen LogP contribution in [0.5, 0.6) is 0 Å². The van der Waals surface area contributed by atoms with Crippen molar-refractivity contribution in [3.05, 3.63) is 107 Å². The SMILES string of the molecule is [O-]/C(=C(\C(=S)Nc1cccc2ccccc12)[n+]1cccc(CO)c1)c1ccc(Cl)cc1. The predicted octanol–water partition coefficient (Wildman–Crippen LogP) is 4.40. The number of rotatable bonds is 5. The van der Waals surface area contributed by atoms with Gasteiger partial charge < -0.3 is 15.5 Å². The lowest BCUT2D eigenvalue weighted by molar-refractivity contribution is -0.578. The molecule has 0 aliphatic heterocycles. The number of hydrogen-bond acceptors (Lipinski definition) is 3. The van der Waals surface area contributed by atoms with Crippen LogP contribution in [0.2, 0.25) is 5.02 Å². The molecule has 0 fully saturated rings. The molecule has 3 aromatic carbocycles. The third-order valence-electron chi connectivity index (χ3n) is 4.88. The van der Waals surface area contributed by atoms with E-state index in [1.54, 1.807) is 53.4 Å². The van der Waals surface area contributed by atoms with Gasteiger partial charge in [0, 0.05) is 27.7 Å². The maximum Gasteiger partial charge on any atom is 0.238 e. The highest BCUT2D eigenvalue weighted by molar-refractivity contribution is 7.81. The van der Waals surface area contributed by atoms with E-state index in [1.807, 2.05) is 42.5 Å². The van der Waals surface area contributed by atoms with Crippen molar-refractivity contribution in [1.82, 2.24) is 0 Å². The maximum atomic E-state index is 13.5. The summed E-state index contributed by atoms with van der Waals surface area (Å²) in [7, 11) is 0. The Morgan fingerprint density at radius 1 is 0.968 bits per heavy atom. The van der Waals surface area contributed by atoms with Gasteiger partial charge in [-0.05, 0) is 41.0 Å². The lowest BCUT2D eigenvalue weighted by Crippen LogP contribution is -2.40. The number of fused-ring (bicyclic) bond motifs is 1. The van der Waals surface area contributed by atoms with Crippen LogP contribution in [0.3, 0.4) is 0 Å². The number of pyridine rings is 1. The number of aliphatic hydroxyl groups is 1. The quantitative estimate of drug-likeness (QED) is 0.206. The summed E-state index contributed by atoms with van der Waals surface area (Å²) in [4.78, 5) is 0.274. The molecule has 2 N–H and O–H groups in total. The summed E-state index contributed by atoms with van der Waals surface area (Å²) < 4.78 is 1.64. The van der Waals surface area contributed by atoms with Gasteiger partial charge in [-0.1, -0.05) is 72.3 Å². The van der Waals surface area contributed by atoms with E-state index in [9.17, 15) is 10.2 Å². The van der Waals surface area contributed by atoms with E-state index in [0.717, 1.165) is 16.5 Å². The molecule has 0 radical (unpaired) electrons. The Morgan fingerprint density at radius 3 is 2.48 bits per heavy atom. The Morgan fingerprint density at radius 2 is 1.71 bits per heavy atom. The number of thiocarbonyl (C=S) groups is 1. The molecule has 4 nitrogen and oxygen atoms in total. The number of hydrogen-bond donors (Lipinski definition) is 2. The molecule has 0 aliphatic rings. The predicted molar refractivity (Wildman–Crippen MR) is 127 cm³/mol. The van der Waals surface area contributed by atoms with Crippen LogP contribution in [0.4, 0.5) is 5.69 Å². The van der Waals surface area contributed by atoms with E-state index in [4.69, 9.17) is 23.8 Å². The van der Waals surface area contributed by atoms with Crippen LogP contribution in [-0.4, -0.2) is 10.1 Å². The summed E-state index contributed by atoms with van der Waals surface area (Å²) in [6.45, 7) is -0.146. The molecule has 1 heterocycles. The van der Waals surface area contributed by atoms with Gasteiger partial charge in [0.25, 0.3) is 0 Å². The molecule has 31 heavy (non-hydrogen) atoms. The average Bonchev–Trinajstić information content (AvgIpc) is 2.80. The van der Waals surface area contributed by atoms with Gasteiger partial charge in [0.1, 0.15) is 0 Å². The van der Waals surface area contributed by atoms with Crippen molar-refractivity contribution in [1.29, 1.82) is 0 Å². The first-order chi connectivity index (χ1) is 15.1. The van der Waals surface area contributed by atoms with E-state index in [2.05, 4.69) is 5.32 Å². The summed E-state index contributed by atoms with van der Waals surface area (Å²) in [5, 5.41) is 28.9. The summed E-state index contributed by atoms with van der Waals surface area (Å²) in [5.41, 5.74) is 2.21. The van der Waals surface area contributed by atoms with Crippen LogP contribution in [0, 0.1) is 0 Å². The van der Waals surface area contributed by atoms with Crippen LogP contribution >= 0.6 is 23.8 Å². The molecule has 0 atom stereocenters. The number of benzene rings is 3. The van der Waals surface area contributed by atoms with Crippen LogP contribution in [-0.2, 0) is 6.61 Å². The minimum Gasteiger partial charge on any atom is -0.867 e. The van der Waals surface area contributed by atoms with E-state index in [0.29, 0.717) is 16.1 Å². The Labute approximate surface area is 190 Å². The van der Waals surface area contributed by atoms with Crippen molar-refractivity contribution in [3.63, 3.8) is 0 Å². The minimum absolute atomic E-state index is 0.146. The van der Waals surface area contributed by atoms with Crippen LogP contribution in [0.25, 0.3) is 22.2 Å². The van der Waals surface area contributed by atoms with Crippen molar-refractivity contribution in [2.24, 2.45) is 0 Å². The molecular formula is C25H19ClN2O2S. The van der Waals surface area contributed by atoms with Gasteiger partial charge in [-0.3, -0.25) is 0 Å². The van der Waals surface area contributed by atoms with Gasteiger partial charge in [-0.2, -0.15) is 4.57 Å². The fraction of sp³-hybridized carbons (Fsp3) is 0.0400. The van der Waals surface area contributed by atoms with Crippen molar-refractivity contribution in [2.45, 2.75) is 6.61 Å². The normalized spacial score (nSPS) is 11.8. The molecule has 0 aliphatic carbocycles. The monoisotopic (exact) mass is 446 g/mol. The maximum absolute atomic E-state index is 13.5. The van der Waals surface area contributed by atoms with E-state index in [-0.39, 0.29) is 23.1 Å². The summed E-state index contributed by atoms with van der Waals surface area (Å²) in [6.07, 6.45) is 3.43. The summed E-state index contributed by atoms with van der Waals surface area (Å²) >= 11 is 11.7. The second-order valence-corrected chi connectivity index (χ2v) is 7.79. The highest BCUT2D eigenvalue weighted by atomic mass is 35.5. The number of anilines is 1. The molecule has 0 saturated carbocycles. The molecule has 154 valence electrons. The molecule has 0 spiro atoms. The smallest absolute Gasteiger partial charge is 0.238 e. The van der Waals surface area contributed by atoms with Gasteiger partial charge in [-0.15, -0.1) is 0 Å². The highest BCUT2D eigenvalue weighted by Gasteiger charge is 2.20. The van der Waals surface area contributed by atoms with E-state index >= 15 is 0 Å². The molecule has 4 rings (SSSR count). The minimum atomic E-state index is -0.255. The van der Waals surface area contributed by atoms with Gasteiger partial charge in [0.2, 0.25) is 5.70 Å². The second-order valence-electron chi connectivity index (χ2n) is 6.94. The largest absolute Gasteiger partial charge is 0.867 e. The molecule has 6 heteroatoms. The first-order valence-electron chi connectivity index (χ1n) is 9.64. The van der Waals surface area contributed by atoms with E-state index < -0.39 is 0 Å². The summed E-state index contributed by atoms with van der Waals surface area (Å²) in [6, 6.07) is 24.1. The van der Waals surface area contributed by atoms with Crippen molar-refractivity contribution < 1.29 is 14.8 Å². The number of halogens is 1. The fourth-order valence-corrected chi connectivity index (χ4v) is 3.78. The zero-order chi connectivity index (χ0) is 21.8. The van der Waals surface area contributed by atoms with Gasteiger partial charge in [0.15, 0.2) is 17.4 Å². The zero-order valence-corrected chi connectivity index (χ0v) is 18.0. The summed E-state index contributed by atoms with van der Waals surface area (Å²) in [5.74, 6) is -0.255. The fourth-order valence-electron chi connectivity index (χ4n) is 3.35. The van der Waals surface area contributed by atoms with Gasteiger partial charge in [0.05, 0.1) is 6.61 Å². The standard InChI is InChI=1S/C25H19ClN2O2S/c26-20-12-10-19(11-13-20)24(30)23(28-14-4-5-17(15-28)16-29)25(31)27-22-9-3-7-18-6-1-2-8-21(18)22/h1-15,29H,16H2,(H-,27,30,31). The number of nitrogens with one attached hydrogen (secondary N) is 1. The first kappa shape index (κ1) is 21.0. The topological polar surface area (TPSA) is 59.2 Å². The first-order valence-corrected chi connectivity index (χ1v) is 10.4. The van der Waals surface area contributed by atoms with Crippen molar-refractivity contribution in [2.75, 3.05) is 5.32 Å². The molecule has 0 unspecified atom stereocenters. The Hall–Kier alpha value is -3.25. The molecule has 1 aromatic heterocycles. The van der Waals surface area contributed by atoms with Crippen molar-refractivity contribution in [3.8, 4) is 0 Å². The Bertz CT molecular complexity index is 1280. The number of aliphatic hydroxyl groups excluding tert-OH is 1. The van der Waals surface area contributed by atoms with Gasteiger partial charge >= 0.3 is 0 Å². The molecule has 4 aromatic rings. The van der Waals surface area contributed by atoms with Crippen LogP contribution in [0.15, 0.2) is 91.3 Å². The third-order valence-corrected chi connectivity index (χ3v) is 5.42.